The van der Waals surface area contributed by atoms with E-state index < -0.39 is 10.0 Å². The molecule has 2 aromatic carbocycles. The van der Waals surface area contributed by atoms with Crippen LogP contribution in [0.2, 0.25) is 0 Å². The summed E-state index contributed by atoms with van der Waals surface area (Å²) in [5.41, 5.74) is 1.67. The van der Waals surface area contributed by atoms with E-state index in [1.807, 2.05) is 19.1 Å². The second-order valence-electron chi connectivity index (χ2n) is 6.35. The van der Waals surface area contributed by atoms with Crippen molar-refractivity contribution >= 4 is 21.6 Å². The van der Waals surface area contributed by atoms with Crippen molar-refractivity contribution in [2.45, 2.75) is 11.8 Å². The van der Waals surface area contributed by atoms with E-state index in [0.29, 0.717) is 17.1 Å². The van der Waals surface area contributed by atoms with Gasteiger partial charge < -0.3 is 14.8 Å². The molecule has 0 unspecified atom stereocenters. The number of nitrogens with zero attached hydrogens (tertiary/aromatic N) is 1. The summed E-state index contributed by atoms with van der Waals surface area (Å²) in [6.45, 7) is 1.94. The van der Waals surface area contributed by atoms with Gasteiger partial charge in [0.25, 0.3) is 15.9 Å². The Kier molecular flexibility index (Phi) is 6.22. The zero-order chi connectivity index (χ0) is 21.7. The maximum Gasteiger partial charge on any atom is 0.261 e. The first kappa shape index (κ1) is 21.1. The lowest BCUT2D eigenvalue weighted by molar-refractivity contribution is 0.0963. The monoisotopic (exact) mass is 427 g/mol. The normalized spacial score (nSPS) is 10.9. The summed E-state index contributed by atoms with van der Waals surface area (Å²) in [4.78, 5) is 15.7. The standard InChI is InChI=1S/C21H21N3O5S/c1-14-4-10-18(19(12-14)28-3)29-20-11-7-16(13-23-20)24-30(26,27)17-8-5-15(6-9-17)21(25)22-2/h4-13,24H,1-3H3,(H,22,25). The Hall–Kier alpha value is -3.59. The zero-order valence-electron chi connectivity index (χ0n) is 16.7. The number of sulfonamides is 1. The first-order valence-electron chi connectivity index (χ1n) is 8.96. The van der Waals surface area contributed by atoms with Crippen LogP contribution in [0.5, 0.6) is 17.4 Å². The summed E-state index contributed by atoms with van der Waals surface area (Å²) in [7, 11) is -0.779. The molecule has 0 aliphatic heterocycles. The van der Waals surface area contributed by atoms with Crippen molar-refractivity contribution in [1.82, 2.24) is 10.3 Å². The summed E-state index contributed by atoms with van der Waals surface area (Å²) in [6.07, 6.45) is 1.35. The zero-order valence-corrected chi connectivity index (χ0v) is 17.5. The molecule has 3 rings (SSSR count). The van der Waals surface area contributed by atoms with E-state index in [0.717, 1.165) is 5.56 Å². The van der Waals surface area contributed by atoms with Crippen molar-refractivity contribution in [3.05, 3.63) is 71.9 Å². The van der Waals surface area contributed by atoms with Gasteiger partial charge in [-0.05, 0) is 55.0 Å². The lowest BCUT2D eigenvalue weighted by Crippen LogP contribution is -2.18. The molecule has 0 radical (unpaired) electrons. The number of pyridine rings is 1. The van der Waals surface area contributed by atoms with E-state index in [2.05, 4.69) is 15.0 Å². The van der Waals surface area contributed by atoms with Gasteiger partial charge in [0.2, 0.25) is 5.88 Å². The van der Waals surface area contributed by atoms with Gasteiger partial charge in [-0.2, -0.15) is 0 Å². The van der Waals surface area contributed by atoms with E-state index in [1.165, 1.54) is 37.5 Å². The second-order valence-corrected chi connectivity index (χ2v) is 8.03. The first-order chi connectivity index (χ1) is 14.3. The van der Waals surface area contributed by atoms with Gasteiger partial charge in [0.15, 0.2) is 11.5 Å². The number of aromatic nitrogens is 1. The Morgan fingerprint density at radius 2 is 1.73 bits per heavy atom. The van der Waals surface area contributed by atoms with Gasteiger partial charge in [0.1, 0.15) is 0 Å². The van der Waals surface area contributed by atoms with Gasteiger partial charge in [-0.25, -0.2) is 13.4 Å². The number of nitrogens with one attached hydrogen (secondary N) is 2. The third kappa shape index (κ3) is 4.87. The second kappa shape index (κ2) is 8.83. The molecule has 8 nitrogen and oxygen atoms in total. The van der Waals surface area contributed by atoms with Crippen LogP contribution in [0.4, 0.5) is 5.69 Å². The SMILES string of the molecule is CNC(=O)c1ccc(S(=O)(=O)Nc2ccc(Oc3ccc(C)cc3OC)nc2)cc1. The van der Waals surface area contributed by atoms with Crippen LogP contribution in [0.1, 0.15) is 15.9 Å². The van der Waals surface area contributed by atoms with E-state index in [-0.39, 0.29) is 22.4 Å². The minimum absolute atomic E-state index is 0.0277. The van der Waals surface area contributed by atoms with Gasteiger partial charge in [0.05, 0.1) is 23.9 Å². The summed E-state index contributed by atoms with van der Waals surface area (Å²) < 4.78 is 38.6. The quantitative estimate of drug-likeness (QED) is 0.599. The van der Waals surface area contributed by atoms with Gasteiger partial charge >= 0.3 is 0 Å². The molecule has 3 aromatic rings. The number of rotatable bonds is 7. The molecule has 0 bridgehead atoms. The molecule has 0 fully saturated rings. The number of carbonyl (C=O) groups excluding carboxylic acids is 1. The highest BCUT2D eigenvalue weighted by Crippen LogP contribution is 2.31. The fourth-order valence-electron chi connectivity index (χ4n) is 2.62. The van der Waals surface area contributed by atoms with Crippen molar-refractivity contribution in [3.8, 4) is 17.4 Å². The molecule has 0 aliphatic rings. The predicted octanol–water partition coefficient (Wildman–Crippen LogP) is 3.35. The summed E-state index contributed by atoms with van der Waals surface area (Å²) >= 11 is 0. The molecule has 1 amide bonds. The Balaban J connectivity index is 1.73. The average Bonchev–Trinajstić information content (AvgIpc) is 2.75. The molecule has 30 heavy (non-hydrogen) atoms. The Morgan fingerprint density at radius 3 is 2.33 bits per heavy atom. The van der Waals surface area contributed by atoms with Crippen LogP contribution >= 0.6 is 0 Å². The van der Waals surface area contributed by atoms with E-state index in [4.69, 9.17) is 9.47 Å². The number of benzene rings is 2. The molecule has 0 saturated heterocycles. The largest absolute Gasteiger partial charge is 0.493 e. The highest BCUT2D eigenvalue weighted by Gasteiger charge is 2.15. The van der Waals surface area contributed by atoms with E-state index >= 15 is 0 Å². The molecule has 1 heterocycles. The van der Waals surface area contributed by atoms with Crippen molar-refractivity contribution in [2.24, 2.45) is 0 Å². The van der Waals surface area contributed by atoms with Crippen molar-refractivity contribution in [1.29, 1.82) is 0 Å². The number of amides is 1. The molecule has 2 N–H and O–H groups in total. The number of methoxy groups -OCH3 is 1. The number of hydrogen-bond donors (Lipinski definition) is 2. The highest BCUT2D eigenvalue weighted by atomic mass is 32.2. The summed E-state index contributed by atoms with van der Waals surface area (Å²) in [5.74, 6) is 1.06. The van der Waals surface area contributed by atoms with Crippen LogP contribution in [-0.4, -0.2) is 33.5 Å². The Morgan fingerprint density at radius 1 is 1.00 bits per heavy atom. The van der Waals surface area contributed by atoms with Crippen molar-refractivity contribution in [2.75, 3.05) is 18.9 Å². The van der Waals surface area contributed by atoms with Crippen LogP contribution in [-0.2, 0) is 10.0 Å². The van der Waals surface area contributed by atoms with Crippen molar-refractivity contribution in [3.63, 3.8) is 0 Å². The summed E-state index contributed by atoms with van der Waals surface area (Å²) in [6, 6.07) is 14.2. The van der Waals surface area contributed by atoms with Crippen LogP contribution in [0.15, 0.2) is 65.7 Å². The minimum atomic E-state index is -3.83. The van der Waals surface area contributed by atoms with Gasteiger partial charge in [0, 0.05) is 18.7 Å². The maximum absolute atomic E-state index is 12.6. The third-order valence-electron chi connectivity index (χ3n) is 4.18. The molecule has 1 aromatic heterocycles. The van der Waals surface area contributed by atoms with Crippen molar-refractivity contribution < 1.29 is 22.7 Å². The number of carbonyl (C=O) groups is 1. The molecule has 0 aliphatic carbocycles. The van der Waals surface area contributed by atoms with Gasteiger partial charge in [-0.15, -0.1) is 0 Å². The van der Waals surface area contributed by atoms with Gasteiger partial charge in [-0.3, -0.25) is 9.52 Å². The third-order valence-corrected chi connectivity index (χ3v) is 5.57. The number of ether oxygens (including phenoxy) is 2. The number of anilines is 1. The highest BCUT2D eigenvalue weighted by molar-refractivity contribution is 7.92. The van der Waals surface area contributed by atoms with Crippen LogP contribution in [0, 0.1) is 6.92 Å². The van der Waals surface area contributed by atoms with E-state index in [9.17, 15) is 13.2 Å². The fraction of sp³-hybridized carbons (Fsp3) is 0.143. The topological polar surface area (TPSA) is 107 Å². The fourth-order valence-corrected chi connectivity index (χ4v) is 3.66. The smallest absolute Gasteiger partial charge is 0.261 e. The van der Waals surface area contributed by atoms with Gasteiger partial charge in [-0.1, -0.05) is 6.07 Å². The predicted molar refractivity (Wildman–Crippen MR) is 113 cm³/mol. The Bertz CT molecular complexity index is 1140. The Labute approximate surface area is 174 Å². The van der Waals surface area contributed by atoms with E-state index in [1.54, 1.807) is 25.3 Å². The lowest BCUT2D eigenvalue weighted by Gasteiger charge is -2.11. The number of hydrogen-bond acceptors (Lipinski definition) is 6. The van der Waals surface area contributed by atoms with Crippen LogP contribution in [0.25, 0.3) is 0 Å². The number of aryl methyl sites for hydroxylation is 1. The molecule has 156 valence electrons. The molecule has 0 saturated carbocycles. The lowest BCUT2D eigenvalue weighted by atomic mass is 10.2. The minimum Gasteiger partial charge on any atom is -0.493 e. The molecular weight excluding hydrogens is 406 g/mol. The van der Waals surface area contributed by atoms with Crippen LogP contribution < -0.4 is 19.5 Å². The summed E-state index contributed by atoms with van der Waals surface area (Å²) in [5, 5.41) is 2.48. The first-order valence-corrected chi connectivity index (χ1v) is 10.4. The molecular formula is C21H21N3O5S. The molecule has 0 spiro atoms. The average molecular weight is 427 g/mol. The maximum atomic E-state index is 12.6. The molecule has 0 atom stereocenters. The molecule has 9 heteroatoms. The van der Waals surface area contributed by atoms with Crippen LogP contribution in [0.3, 0.4) is 0 Å².